The van der Waals surface area contributed by atoms with Crippen molar-refractivity contribution in [2.45, 2.75) is 32.1 Å². The number of hydrogen-bond acceptors (Lipinski definition) is 0. The molecule has 0 aliphatic heterocycles. The molecule has 1 heteroatoms. The second-order valence-electron chi connectivity index (χ2n) is 4.60. The van der Waals surface area contributed by atoms with Gasteiger partial charge in [-0.2, -0.15) is 0 Å². The van der Waals surface area contributed by atoms with Gasteiger partial charge in [0.2, 0.25) is 0 Å². The van der Waals surface area contributed by atoms with Crippen LogP contribution in [0, 0.1) is 17.3 Å². The summed E-state index contributed by atoms with van der Waals surface area (Å²) in [5.74, 6) is 1.78. The molecule has 0 bridgehead atoms. The molecular formula is C10H15Cl. The van der Waals surface area contributed by atoms with Crippen LogP contribution in [0.2, 0.25) is 0 Å². The number of fused-ring (bicyclic) bond motifs is 1. The van der Waals surface area contributed by atoms with Gasteiger partial charge >= 0.3 is 0 Å². The van der Waals surface area contributed by atoms with E-state index < -0.39 is 0 Å². The van der Waals surface area contributed by atoms with Gasteiger partial charge in [0.1, 0.15) is 0 Å². The fourth-order valence-corrected chi connectivity index (χ4v) is 2.81. The van der Waals surface area contributed by atoms with Crippen LogP contribution >= 0.6 is 11.6 Å². The topological polar surface area (TPSA) is 0 Å². The van der Waals surface area contributed by atoms with Crippen LogP contribution in [0.4, 0.5) is 0 Å². The van der Waals surface area contributed by atoms with Gasteiger partial charge in [-0.3, -0.25) is 0 Å². The van der Waals surface area contributed by atoms with Crippen LogP contribution in [0.15, 0.2) is 12.2 Å². The lowest BCUT2D eigenvalue weighted by Gasteiger charge is -2.16. The van der Waals surface area contributed by atoms with Crippen molar-refractivity contribution in [2.75, 3.05) is 0 Å². The Morgan fingerprint density at radius 2 is 2.09 bits per heavy atom. The highest BCUT2D eigenvalue weighted by Gasteiger charge is 2.59. The number of alkyl halides is 1. The van der Waals surface area contributed by atoms with Crippen molar-refractivity contribution in [3.8, 4) is 0 Å². The van der Waals surface area contributed by atoms with E-state index in [0.717, 1.165) is 18.3 Å². The molecule has 0 aromatic carbocycles. The Morgan fingerprint density at radius 1 is 1.45 bits per heavy atom. The molecule has 0 amide bonds. The molecule has 0 aromatic rings. The van der Waals surface area contributed by atoms with E-state index in [1.165, 1.54) is 12.0 Å². The van der Waals surface area contributed by atoms with Gasteiger partial charge in [0.15, 0.2) is 0 Å². The Kier molecular flexibility index (Phi) is 1.42. The minimum Gasteiger partial charge on any atom is -0.118 e. The van der Waals surface area contributed by atoms with E-state index in [1.54, 1.807) is 0 Å². The summed E-state index contributed by atoms with van der Waals surface area (Å²) in [6.07, 6.45) is 2.34. The summed E-state index contributed by atoms with van der Waals surface area (Å²) in [5.41, 5.74) is 1.82. The second kappa shape index (κ2) is 2.04. The van der Waals surface area contributed by atoms with Crippen molar-refractivity contribution in [1.29, 1.82) is 0 Å². The summed E-state index contributed by atoms with van der Waals surface area (Å²) in [7, 11) is 0. The first-order valence-corrected chi connectivity index (χ1v) is 4.79. The highest BCUT2D eigenvalue weighted by atomic mass is 35.5. The Morgan fingerprint density at radius 3 is 2.64 bits per heavy atom. The monoisotopic (exact) mass is 170 g/mol. The van der Waals surface area contributed by atoms with Crippen LogP contribution < -0.4 is 0 Å². The van der Waals surface area contributed by atoms with Crippen molar-refractivity contribution < 1.29 is 0 Å². The van der Waals surface area contributed by atoms with E-state index in [0.29, 0.717) is 5.41 Å². The van der Waals surface area contributed by atoms with Crippen LogP contribution in [-0.2, 0) is 0 Å². The van der Waals surface area contributed by atoms with E-state index in [1.807, 2.05) is 0 Å². The fraction of sp³-hybridized carbons (Fsp3) is 0.800. The van der Waals surface area contributed by atoms with Crippen molar-refractivity contribution >= 4 is 11.6 Å². The molecule has 0 radical (unpaired) electrons. The zero-order chi connectivity index (χ0) is 8.22. The van der Waals surface area contributed by atoms with E-state index in [4.69, 9.17) is 11.6 Å². The zero-order valence-corrected chi connectivity index (χ0v) is 7.99. The molecule has 0 nitrogen and oxygen atoms in total. The molecule has 2 saturated carbocycles. The van der Waals surface area contributed by atoms with E-state index in [9.17, 15) is 0 Å². The minimum atomic E-state index is 0.262. The Hall–Kier alpha value is 0.0300. The van der Waals surface area contributed by atoms with Crippen LogP contribution in [0.25, 0.3) is 0 Å². The lowest BCUT2D eigenvalue weighted by atomic mass is 9.96. The predicted molar refractivity (Wildman–Crippen MR) is 48.8 cm³/mol. The van der Waals surface area contributed by atoms with Gasteiger partial charge in [-0.15, -0.1) is 11.6 Å². The summed E-state index contributed by atoms with van der Waals surface area (Å²) in [5, 5.41) is 0.262. The molecule has 2 rings (SSSR count). The zero-order valence-electron chi connectivity index (χ0n) is 7.23. The molecule has 0 N–H and O–H groups in total. The van der Waals surface area contributed by atoms with Gasteiger partial charge in [0.25, 0.3) is 0 Å². The molecule has 2 aliphatic carbocycles. The molecule has 0 aromatic heterocycles. The normalized spacial score (nSPS) is 46.8. The van der Waals surface area contributed by atoms with E-state index in [-0.39, 0.29) is 5.38 Å². The molecular weight excluding hydrogens is 156 g/mol. The highest BCUT2D eigenvalue weighted by molar-refractivity contribution is 6.22. The van der Waals surface area contributed by atoms with Crippen molar-refractivity contribution in [3.63, 3.8) is 0 Å². The van der Waals surface area contributed by atoms with Crippen molar-refractivity contribution in [3.05, 3.63) is 12.2 Å². The Labute approximate surface area is 73.6 Å². The van der Waals surface area contributed by atoms with E-state index in [2.05, 4.69) is 20.4 Å². The molecule has 62 valence electrons. The number of hydrogen-bond donors (Lipinski definition) is 0. The molecule has 2 fully saturated rings. The molecule has 0 saturated heterocycles. The third kappa shape index (κ3) is 0.955. The van der Waals surface area contributed by atoms with Crippen LogP contribution in [-0.4, -0.2) is 5.38 Å². The van der Waals surface area contributed by atoms with Gasteiger partial charge in [-0.05, 0) is 30.1 Å². The first-order valence-electron chi connectivity index (χ1n) is 4.35. The molecule has 2 aliphatic rings. The number of allylic oxidation sites excluding steroid dienone is 1. The average Bonchev–Trinajstić information content (AvgIpc) is 2.39. The predicted octanol–water partition coefficient (Wildman–Crippen LogP) is 3.22. The molecule has 0 spiro atoms. The number of halogens is 1. The molecule has 0 heterocycles. The summed E-state index contributed by atoms with van der Waals surface area (Å²) in [4.78, 5) is 0. The van der Waals surface area contributed by atoms with E-state index >= 15 is 0 Å². The van der Waals surface area contributed by atoms with Crippen molar-refractivity contribution in [1.82, 2.24) is 0 Å². The Bertz CT molecular complexity index is 205. The third-order valence-electron chi connectivity index (χ3n) is 3.67. The minimum absolute atomic E-state index is 0.262. The summed E-state index contributed by atoms with van der Waals surface area (Å²) in [6, 6.07) is 0. The van der Waals surface area contributed by atoms with Crippen LogP contribution in [0.5, 0.6) is 0 Å². The summed E-state index contributed by atoms with van der Waals surface area (Å²) < 4.78 is 0. The Balaban J connectivity index is 2.12. The van der Waals surface area contributed by atoms with Gasteiger partial charge in [0.05, 0.1) is 5.38 Å². The standard InChI is InChI=1S/C10H15Cl/c1-6-4-7-8(5-9(6)11)10(7,2)3/h7-9H,1,4-5H2,2-3H3/t7-,8+,9?/m0/s1. The second-order valence-corrected chi connectivity index (χ2v) is 5.13. The van der Waals surface area contributed by atoms with Crippen molar-refractivity contribution in [2.24, 2.45) is 17.3 Å². The van der Waals surface area contributed by atoms with Crippen LogP contribution in [0.1, 0.15) is 26.7 Å². The smallest absolute Gasteiger partial charge is 0.0545 e. The highest BCUT2D eigenvalue weighted by Crippen LogP contribution is 2.66. The first kappa shape index (κ1) is 7.67. The molecule has 1 unspecified atom stereocenters. The van der Waals surface area contributed by atoms with Gasteiger partial charge in [-0.1, -0.05) is 26.0 Å². The third-order valence-corrected chi connectivity index (χ3v) is 4.16. The summed E-state index contributed by atoms with van der Waals surface area (Å²) in [6.45, 7) is 8.71. The van der Waals surface area contributed by atoms with Crippen LogP contribution in [0.3, 0.4) is 0 Å². The van der Waals surface area contributed by atoms with Gasteiger partial charge in [-0.25, -0.2) is 0 Å². The maximum Gasteiger partial charge on any atom is 0.0545 e. The SMILES string of the molecule is C=C1C[C@H]2[C@@H](CC1Cl)C2(C)C. The quantitative estimate of drug-likeness (QED) is 0.387. The summed E-state index contributed by atoms with van der Waals surface area (Å²) >= 11 is 6.12. The molecule has 3 atom stereocenters. The van der Waals surface area contributed by atoms with Gasteiger partial charge < -0.3 is 0 Å². The fourth-order valence-electron chi connectivity index (χ4n) is 2.53. The maximum atomic E-state index is 6.12. The largest absolute Gasteiger partial charge is 0.118 e. The number of rotatable bonds is 0. The maximum absolute atomic E-state index is 6.12. The lowest BCUT2D eigenvalue weighted by molar-refractivity contribution is 0.537. The first-order chi connectivity index (χ1) is 5.03. The van der Waals surface area contributed by atoms with Gasteiger partial charge in [0, 0.05) is 0 Å². The molecule has 11 heavy (non-hydrogen) atoms. The lowest BCUT2D eigenvalue weighted by Crippen LogP contribution is -2.10. The average molecular weight is 171 g/mol.